The van der Waals surface area contributed by atoms with Crippen molar-refractivity contribution >= 4 is 58.1 Å². The highest BCUT2D eigenvalue weighted by Crippen LogP contribution is 2.21. The maximum atomic E-state index is 13.7. The Morgan fingerprint density at radius 1 is 0.775 bits per heavy atom. The summed E-state index contributed by atoms with van der Waals surface area (Å²) in [5.74, 6) is -3.22. The number of benzene rings is 2. The highest BCUT2D eigenvalue weighted by Gasteiger charge is 2.31. The van der Waals surface area contributed by atoms with Crippen LogP contribution in [0.2, 0.25) is 0 Å². The standard InChI is InChI=1S/C28H32N6O5S/c1-15(29)25(35)32-22(10-16-12-30-20-8-4-2-6-18(16)20)26(36)33-23(27(37)34-24(14-40)28(38)39)11-17-13-31-21-9-5-3-7-19(17)21/h2-9,12-13,15,22-24,30-31,40H,10-11,14,29H2,1H3,(H,32,35)(H,33,36)(H,34,37)(H,38,39). The van der Waals surface area contributed by atoms with Crippen LogP contribution in [0.15, 0.2) is 60.9 Å². The van der Waals surface area contributed by atoms with E-state index in [0.29, 0.717) is 0 Å². The Labute approximate surface area is 235 Å². The fraction of sp³-hybridized carbons (Fsp3) is 0.286. The average Bonchev–Trinajstić information content (AvgIpc) is 3.54. The largest absolute Gasteiger partial charge is 0.480 e. The summed E-state index contributed by atoms with van der Waals surface area (Å²) in [5, 5.41) is 19.1. The normalized spacial score (nSPS) is 14.3. The molecule has 2 aromatic heterocycles. The van der Waals surface area contributed by atoms with E-state index in [4.69, 9.17) is 5.73 Å². The number of carbonyl (C=O) groups excluding carboxylic acids is 3. The van der Waals surface area contributed by atoms with E-state index in [1.165, 1.54) is 6.92 Å². The molecule has 4 unspecified atom stereocenters. The van der Waals surface area contributed by atoms with Gasteiger partial charge in [0, 0.05) is 52.8 Å². The lowest BCUT2D eigenvalue weighted by Crippen LogP contribution is -2.58. The van der Waals surface area contributed by atoms with Crippen LogP contribution in [0.25, 0.3) is 21.8 Å². The van der Waals surface area contributed by atoms with Crippen molar-refractivity contribution in [3.8, 4) is 0 Å². The number of nitrogens with one attached hydrogen (secondary N) is 5. The lowest BCUT2D eigenvalue weighted by atomic mass is 10.0. The van der Waals surface area contributed by atoms with Crippen molar-refractivity contribution in [2.24, 2.45) is 5.73 Å². The lowest BCUT2D eigenvalue weighted by molar-refractivity contribution is -0.141. The molecule has 210 valence electrons. The number of rotatable bonds is 12. The first kappa shape index (κ1) is 28.7. The zero-order valence-corrected chi connectivity index (χ0v) is 22.7. The number of H-pyrrole nitrogens is 2. The second-order valence-electron chi connectivity index (χ2n) is 9.62. The molecule has 0 aliphatic rings. The van der Waals surface area contributed by atoms with Crippen LogP contribution in [0.3, 0.4) is 0 Å². The summed E-state index contributed by atoms with van der Waals surface area (Å²) < 4.78 is 0. The number of carboxylic acids is 1. The van der Waals surface area contributed by atoms with Crippen LogP contribution in [0.4, 0.5) is 0 Å². The van der Waals surface area contributed by atoms with Crippen molar-refractivity contribution in [3.63, 3.8) is 0 Å². The molecule has 0 bridgehead atoms. The molecular formula is C28H32N6O5S. The molecule has 0 aliphatic carbocycles. The van der Waals surface area contributed by atoms with Crippen molar-refractivity contribution in [2.45, 2.75) is 43.9 Å². The van der Waals surface area contributed by atoms with Crippen LogP contribution in [0.5, 0.6) is 0 Å². The lowest BCUT2D eigenvalue weighted by Gasteiger charge is -2.25. The molecule has 2 aromatic carbocycles. The summed E-state index contributed by atoms with van der Waals surface area (Å²) in [6, 6.07) is 10.7. The summed E-state index contributed by atoms with van der Waals surface area (Å²) in [7, 11) is 0. The molecule has 0 aliphatic heterocycles. The van der Waals surface area contributed by atoms with E-state index in [9.17, 15) is 24.3 Å². The minimum Gasteiger partial charge on any atom is -0.480 e. The highest BCUT2D eigenvalue weighted by molar-refractivity contribution is 7.80. The van der Waals surface area contributed by atoms with Gasteiger partial charge in [0.1, 0.15) is 18.1 Å². The summed E-state index contributed by atoms with van der Waals surface area (Å²) in [5.41, 5.74) is 9.03. The molecular weight excluding hydrogens is 532 g/mol. The Balaban J connectivity index is 1.62. The summed E-state index contributed by atoms with van der Waals surface area (Å²) in [6.07, 6.45) is 3.71. The Morgan fingerprint density at radius 2 is 1.20 bits per heavy atom. The molecule has 4 rings (SSSR count). The van der Waals surface area contributed by atoms with Crippen molar-refractivity contribution in [1.82, 2.24) is 25.9 Å². The molecule has 0 saturated heterocycles. The van der Waals surface area contributed by atoms with Gasteiger partial charge in [0.2, 0.25) is 17.7 Å². The Bertz CT molecular complexity index is 1530. The predicted molar refractivity (Wildman–Crippen MR) is 155 cm³/mol. The Hall–Kier alpha value is -4.29. The molecule has 40 heavy (non-hydrogen) atoms. The third kappa shape index (κ3) is 6.64. The number of amides is 3. The van der Waals surface area contributed by atoms with Gasteiger partial charge in [-0.25, -0.2) is 4.79 Å². The first-order chi connectivity index (χ1) is 19.2. The van der Waals surface area contributed by atoms with Crippen molar-refractivity contribution in [1.29, 1.82) is 0 Å². The second kappa shape index (κ2) is 12.7. The van der Waals surface area contributed by atoms with Gasteiger partial charge in [0.15, 0.2) is 0 Å². The smallest absolute Gasteiger partial charge is 0.327 e. The molecule has 3 amide bonds. The highest BCUT2D eigenvalue weighted by atomic mass is 32.1. The van der Waals surface area contributed by atoms with Crippen LogP contribution in [-0.4, -0.2) is 68.7 Å². The van der Waals surface area contributed by atoms with Gasteiger partial charge < -0.3 is 36.8 Å². The minimum absolute atomic E-state index is 0.0710. The van der Waals surface area contributed by atoms with E-state index in [1.54, 1.807) is 12.4 Å². The molecule has 4 atom stereocenters. The topological polar surface area (TPSA) is 182 Å². The first-order valence-corrected chi connectivity index (χ1v) is 13.4. The monoisotopic (exact) mass is 564 g/mol. The number of thiol groups is 1. The van der Waals surface area contributed by atoms with Crippen LogP contribution in [-0.2, 0) is 32.0 Å². The zero-order valence-electron chi connectivity index (χ0n) is 21.8. The van der Waals surface area contributed by atoms with Gasteiger partial charge in [-0.2, -0.15) is 12.6 Å². The molecule has 8 N–H and O–H groups in total. The zero-order chi connectivity index (χ0) is 28.8. The van der Waals surface area contributed by atoms with E-state index in [0.717, 1.165) is 32.9 Å². The van der Waals surface area contributed by atoms with Crippen molar-refractivity contribution < 1.29 is 24.3 Å². The molecule has 11 nitrogen and oxygen atoms in total. The number of nitrogens with two attached hydrogens (primary N) is 1. The maximum absolute atomic E-state index is 13.7. The number of aliphatic carboxylic acids is 1. The van der Waals surface area contributed by atoms with Gasteiger partial charge >= 0.3 is 5.97 Å². The van der Waals surface area contributed by atoms with Gasteiger partial charge in [-0.15, -0.1) is 0 Å². The van der Waals surface area contributed by atoms with E-state index < -0.39 is 47.9 Å². The van der Waals surface area contributed by atoms with E-state index in [1.807, 2.05) is 48.5 Å². The number of fused-ring (bicyclic) bond motifs is 2. The van der Waals surface area contributed by atoms with Crippen molar-refractivity contribution in [3.05, 3.63) is 72.1 Å². The molecule has 12 heteroatoms. The third-order valence-corrected chi connectivity index (χ3v) is 7.04. The third-order valence-electron chi connectivity index (χ3n) is 6.67. The summed E-state index contributed by atoms with van der Waals surface area (Å²) in [6.45, 7) is 1.51. The molecule has 0 radical (unpaired) electrons. The summed E-state index contributed by atoms with van der Waals surface area (Å²) >= 11 is 4.02. The second-order valence-corrected chi connectivity index (χ2v) is 9.99. The number of aromatic nitrogens is 2. The Kier molecular flexibility index (Phi) is 9.12. The van der Waals surface area contributed by atoms with Crippen LogP contribution in [0.1, 0.15) is 18.1 Å². The van der Waals surface area contributed by atoms with Crippen LogP contribution in [0, 0.1) is 0 Å². The molecule has 2 heterocycles. The van der Waals surface area contributed by atoms with Gasteiger partial charge in [0.25, 0.3) is 0 Å². The fourth-order valence-electron chi connectivity index (χ4n) is 4.49. The van der Waals surface area contributed by atoms with E-state index in [-0.39, 0.29) is 18.6 Å². The minimum atomic E-state index is -1.25. The van der Waals surface area contributed by atoms with Crippen LogP contribution < -0.4 is 21.7 Å². The van der Waals surface area contributed by atoms with Gasteiger partial charge in [-0.05, 0) is 30.2 Å². The quantitative estimate of drug-likeness (QED) is 0.120. The van der Waals surface area contributed by atoms with Gasteiger partial charge in [-0.1, -0.05) is 36.4 Å². The molecule has 4 aromatic rings. The van der Waals surface area contributed by atoms with Gasteiger partial charge in [-0.3, -0.25) is 14.4 Å². The first-order valence-electron chi connectivity index (χ1n) is 12.8. The Morgan fingerprint density at radius 3 is 1.62 bits per heavy atom. The summed E-state index contributed by atoms with van der Waals surface area (Å²) in [4.78, 5) is 57.4. The van der Waals surface area contributed by atoms with E-state index in [2.05, 4.69) is 38.5 Å². The number of para-hydroxylation sites is 2. The molecule has 0 fully saturated rings. The maximum Gasteiger partial charge on any atom is 0.327 e. The number of carbonyl (C=O) groups is 4. The molecule has 0 saturated carbocycles. The van der Waals surface area contributed by atoms with Gasteiger partial charge in [0.05, 0.1) is 6.04 Å². The van der Waals surface area contributed by atoms with E-state index >= 15 is 0 Å². The van der Waals surface area contributed by atoms with Crippen LogP contribution >= 0.6 is 12.6 Å². The number of carboxylic acid groups (broad SMARTS) is 1. The number of hydrogen-bond acceptors (Lipinski definition) is 6. The average molecular weight is 565 g/mol. The molecule has 0 spiro atoms. The number of aromatic amines is 2. The SMILES string of the molecule is CC(N)C(=O)NC(Cc1c[nH]c2ccccc12)C(=O)NC(Cc1c[nH]c2ccccc12)C(=O)NC(CS)C(=O)O. The number of hydrogen-bond donors (Lipinski definition) is 8. The van der Waals surface area contributed by atoms with Crippen molar-refractivity contribution in [2.75, 3.05) is 5.75 Å². The predicted octanol–water partition coefficient (Wildman–Crippen LogP) is 1.25. The fourth-order valence-corrected chi connectivity index (χ4v) is 4.74.